The molecule has 33 heavy (non-hydrogen) atoms. The molecule has 11 heteroatoms. The van der Waals surface area contributed by atoms with E-state index in [4.69, 9.17) is 16.3 Å². The van der Waals surface area contributed by atoms with E-state index in [1.807, 2.05) is 6.07 Å². The van der Waals surface area contributed by atoms with Gasteiger partial charge in [-0.1, -0.05) is 17.7 Å². The number of hydrogen-bond donors (Lipinski definition) is 2. The van der Waals surface area contributed by atoms with Crippen LogP contribution in [-0.2, 0) is 14.8 Å². The fourth-order valence-corrected chi connectivity index (χ4v) is 4.68. The van der Waals surface area contributed by atoms with Crippen molar-refractivity contribution in [3.05, 3.63) is 71.9 Å². The summed E-state index contributed by atoms with van der Waals surface area (Å²) in [4.78, 5) is 19.9. The van der Waals surface area contributed by atoms with Gasteiger partial charge in [-0.3, -0.25) is 14.5 Å². The summed E-state index contributed by atoms with van der Waals surface area (Å²) in [6, 6.07) is 11.3. The Kier molecular flexibility index (Phi) is 5.10. The Morgan fingerprint density at radius 2 is 1.82 bits per heavy atom. The molecule has 1 aliphatic rings. The van der Waals surface area contributed by atoms with Gasteiger partial charge in [0, 0.05) is 17.1 Å². The molecule has 1 aliphatic heterocycles. The lowest BCUT2D eigenvalue weighted by atomic mass is 10.0. The molecule has 1 amide bonds. The largest absolute Gasteiger partial charge is 0.481 e. The molecule has 0 aliphatic carbocycles. The predicted octanol–water partition coefficient (Wildman–Crippen LogP) is 4.22. The highest BCUT2D eigenvalue weighted by atomic mass is 35.5. The summed E-state index contributed by atoms with van der Waals surface area (Å²) in [5.74, 6) is -0.312. The van der Waals surface area contributed by atoms with Crippen LogP contribution in [0.1, 0.15) is 0 Å². The monoisotopic (exact) mass is 484 g/mol. The number of pyridine rings is 2. The van der Waals surface area contributed by atoms with Gasteiger partial charge in [0.25, 0.3) is 15.9 Å². The van der Waals surface area contributed by atoms with Gasteiger partial charge in [0.05, 0.1) is 22.3 Å². The first-order valence-corrected chi connectivity index (χ1v) is 11.5. The number of sulfonamides is 1. The lowest BCUT2D eigenvalue weighted by Gasteiger charge is -2.19. The zero-order valence-corrected chi connectivity index (χ0v) is 18.2. The normalized spacial score (nSPS) is 13.2. The minimum absolute atomic E-state index is 0.0460. The van der Waals surface area contributed by atoms with Gasteiger partial charge in [0.15, 0.2) is 17.5 Å². The highest BCUT2D eigenvalue weighted by Gasteiger charge is 2.20. The number of fused-ring (bicyclic) bond motifs is 3. The van der Waals surface area contributed by atoms with Gasteiger partial charge in [-0.05, 0) is 48.0 Å². The first kappa shape index (κ1) is 21.1. The van der Waals surface area contributed by atoms with Gasteiger partial charge in [-0.2, -0.15) is 0 Å². The van der Waals surface area contributed by atoms with Crippen LogP contribution in [0, 0.1) is 5.82 Å². The van der Waals surface area contributed by atoms with Crippen LogP contribution in [0.5, 0.6) is 5.75 Å². The zero-order chi connectivity index (χ0) is 23.2. The summed E-state index contributed by atoms with van der Waals surface area (Å²) < 4.78 is 46.5. The first-order chi connectivity index (χ1) is 15.8. The molecular weight excluding hydrogens is 471 g/mol. The van der Waals surface area contributed by atoms with E-state index in [1.54, 1.807) is 18.2 Å². The van der Waals surface area contributed by atoms with Crippen LogP contribution in [0.3, 0.4) is 0 Å². The van der Waals surface area contributed by atoms with E-state index in [-0.39, 0.29) is 28.3 Å². The number of anilines is 2. The average molecular weight is 485 g/mol. The van der Waals surface area contributed by atoms with Crippen molar-refractivity contribution in [2.75, 3.05) is 16.6 Å². The topological polar surface area (TPSA) is 110 Å². The zero-order valence-electron chi connectivity index (χ0n) is 16.7. The third kappa shape index (κ3) is 4.06. The van der Waals surface area contributed by atoms with E-state index in [0.29, 0.717) is 33.5 Å². The first-order valence-electron chi connectivity index (χ1n) is 9.60. The Balaban J connectivity index is 1.53. The molecule has 2 aromatic carbocycles. The maximum absolute atomic E-state index is 13.2. The molecule has 0 fully saturated rings. The molecule has 0 saturated carbocycles. The molecule has 4 aromatic rings. The number of carbonyl (C=O) groups excluding carboxylic acids is 1. The summed E-state index contributed by atoms with van der Waals surface area (Å²) in [7, 11) is -4.01. The molecular formula is C22H14ClFN4O4S. The minimum atomic E-state index is -4.01. The van der Waals surface area contributed by atoms with Crippen LogP contribution in [0.2, 0.25) is 5.15 Å². The molecule has 8 nitrogen and oxygen atoms in total. The molecule has 0 radical (unpaired) electrons. The third-order valence-corrected chi connectivity index (χ3v) is 6.66. The second kappa shape index (κ2) is 7.98. The van der Waals surface area contributed by atoms with E-state index < -0.39 is 15.8 Å². The summed E-state index contributed by atoms with van der Waals surface area (Å²) in [5, 5.41) is 3.34. The Labute approximate surface area is 192 Å². The average Bonchev–Trinajstić information content (AvgIpc) is 2.80. The SMILES string of the molecule is O=C1COc2c(cnc3ccc(-c4cnc(Cl)c(NS(=O)(=O)c5ccc(F)cc5)c4)cc23)N1. The van der Waals surface area contributed by atoms with Gasteiger partial charge >= 0.3 is 0 Å². The fourth-order valence-electron chi connectivity index (χ4n) is 3.41. The maximum Gasteiger partial charge on any atom is 0.262 e. The van der Waals surface area contributed by atoms with Crippen LogP contribution in [0.15, 0.2) is 65.8 Å². The number of aromatic nitrogens is 2. The predicted molar refractivity (Wildman–Crippen MR) is 121 cm³/mol. The van der Waals surface area contributed by atoms with Crippen molar-refractivity contribution in [1.82, 2.24) is 9.97 Å². The number of ether oxygens (including phenoxy) is 1. The van der Waals surface area contributed by atoms with Gasteiger partial charge in [0.1, 0.15) is 11.5 Å². The summed E-state index contributed by atoms with van der Waals surface area (Å²) in [5.41, 5.74) is 2.47. The molecule has 5 rings (SSSR count). The Morgan fingerprint density at radius 3 is 2.61 bits per heavy atom. The van der Waals surface area contributed by atoms with Gasteiger partial charge < -0.3 is 10.1 Å². The van der Waals surface area contributed by atoms with E-state index in [9.17, 15) is 17.6 Å². The van der Waals surface area contributed by atoms with E-state index in [2.05, 4.69) is 20.0 Å². The van der Waals surface area contributed by atoms with Crippen molar-refractivity contribution in [2.24, 2.45) is 0 Å². The van der Waals surface area contributed by atoms with E-state index >= 15 is 0 Å². The molecule has 166 valence electrons. The van der Waals surface area contributed by atoms with Crippen LogP contribution in [-0.4, -0.2) is 30.9 Å². The highest BCUT2D eigenvalue weighted by molar-refractivity contribution is 7.92. The number of nitrogens with zero attached hydrogens (tertiary/aromatic N) is 2. The number of amides is 1. The van der Waals surface area contributed by atoms with Crippen molar-refractivity contribution in [3.8, 4) is 16.9 Å². The Bertz CT molecular complexity index is 1530. The molecule has 0 unspecified atom stereocenters. The fraction of sp³-hybridized carbons (Fsp3) is 0.0455. The summed E-state index contributed by atoms with van der Waals surface area (Å²) >= 11 is 6.14. The number of carbonyl (C=O) groups is 1. The van der Waals surface area contributed by atoms with Crippen molar-refractivity contribution in [2.45, 2.75) is 4.90 Å². The number of nitrogens with one attached hydrogen (secondary N) is 2. The van der Waals surface area contributed by atoms with Gasteiger partial charge in [-0.15, -0.1) is 0 Å². The van der Waals surface area contributed by atoms with Gasteiger partial charge in [0.2, 0.25) is 0 Å². The lowest BCUT2D eigenvalue weighted by Crippen LogP contribution is -2.25. The minimum Gasteiger partial charge on any atom is -0.481 e. The molecule has 3 heterocycles. The number of rotatable bonds is 4. The maximum atomic E-state index is 13.2. The third-order valence-electron chi connectivity index (χ3n) is 4.98. The highest BCUT2D eigenvalue weighted by Crippen LogP contribution is 2.37. The number of benzene rings is 2. The van der Waals surface area contributed by atoms with Crippen molar-refractivity contribution in [1.29, 1.82) is 0 Å². The Morgan fingerprint density at radius 1 is 1.03 bits per heavy atom. The van der Waals surface area contributed by atoms with E-state index in [1.165, 1.54) is 12.4 Å². The molecule has 2 aromatic heterocycles. The second-order valence-corrected chi connectivity index (χ2v) is 9.23. The van der Waals surface area contributed by atoms with Crippen LogP contribution in [0.25, 0.3) is 22.0 Å². The smallest absolute Gasteiger partial charge is 0.262 e. The van der Waals surface area contributed by atoms with Crippen molar-refractivity contribution < 1.29 is 22.3 Å². The number of hydrogen-bond acceptors (Lipinski definition) is 6. The van der Waals surface area contributed by atoms with Crippen LogP contribution < -0.4 is 14.8 Å². The molecule has 2 N–H and O–H groups in total. The van der Waals surface area contributed by atoms with Crippen molar-refractivity contribution >= 4 is 49.8 Å². The molecule has 0 saturated heterocycles. The van der Waals surface area contributed by atoms with Crippen LogP contribution >= 0.6 is 11.6 Å². The van der Waals surface area contributed by atoms with E-state index in [0.717, 1.165) is 24.3 Å². The number of halogens is 2. The Hall–Kier alpha value is -3.76. The molecule has 0 spiro atoms. The molecule has 0 bridgehead atoms. The van der Waals surface area contributed by atoms with Crippen molar-refractivity contribution in [3.63, 3.8) is 0 Å². The lowest BCUT2D eigenvalue weighted by molar-refractivity contribution is -0.118. The quantitative estimate of drug-likeness (QED) is 0.420. The molecule has 0 atom stereocenters. The second-order valence-electron chi connectivity index (χ2n) is 7.19. The summed E-state index contributed by atoms with van der Waals surface area (Å²) in [6.45, 7) is -0.103. The van der Waals surface area contributed by atoms with Crippen LogP contribution in [0.4, 0.5) is 15.8 Å². The standard InChI is InChI=1S/C22H14ClFN4O4S/c23-22-18(28-33(30,31)15-4-2-14(24)3-5-15)8-13(9-26-22)12-1-6-17-16(7-12)21-19(10-25-17)27-20(29)11-32-21/h1-10,28H,11H2,(H,27,29). The van der Waals surface area contributed by atoms with Gasteiger partial charge in [-0.25, -0.2) is 17.8 Å². The summed E-state index contributed by atoms with van der Waals surface area (Å²) in [6.07, 6.45) is 3.03.